The van der Waals surface area contributed by atoms with Gasteiger partial charge in [0.15, 0.2) is 0 Å². The average Bonchev–Trinajstić information content (AvgIpc) is 2.39. The minimum atomic E-state index is -0.166. The number of likely N-dealkylation sites (tertiary alicyclic amines) is 1. The molecule has 0 aliphatic carbocycles. The second-order valence-corrected chi connectivity index (χ2v) is 5.00. The first-order chi connectivity index (χ1) is 9.08. The van der Waals surface area contributed by atoms with Crippen molar-refractivity contribution in [1.82, 2.24) is 4.90 Å². The number of hydrogen-bond donors (Lipinski definition) is 0. The molecule has 0 N–H and O–H groups in total. The van der Waals surface area contributed by atoms with E-state index in [0.717, 1.165) is 19.4 Å². The topological polar surface area (TPSA) is 55.8 Å². The Hall–Kier alpha value is -1.10. The van der Waals surface area contributed by atoms with Crippen molar-refractivity contribution >= 4 is 11.9 Å². The molecule has 5 nitrogen and oxygen atoms in total. The zero-order valence-electron chi connectivity index (χ0n) is 12.2. The molecular weight excluding hydrogens is 246 g/mol. The van der Waals surface area contributed by atoms with E-state index in [-0.39, 0.29) is 23.8 Å². The van der Waals surface area contributed by atoms with Crippen molar-refractivity contribution < 1.29 is 19.1 Å². The van der Waals surface area contributed by atoms with Gasteiger partial charge in [0.25, 0.3) is 0 Å². The molecule has 1 rings (SSSR count). The standard InChI is InChI=1S/C14H25NO4/c1-4-18-13(16)11(3)9-15-8-6-7-12(10-15)14(17)19-5-2/h11-12H,4-10H2,1-3H3/t11?,12-/m1/s1. The highest BCUT2D eigenvalue weighted by Crippen LogP contribution is 2.19. The van der Waals surface area contributed by atoms with Crippen LogP contribution in [0.3, 0.4) is 0 Å². The van der Waals surface area contributed by atoms with Gasteiger partial charge in [-0.05, 0) is 33.2 Å². The Balaban J connectivity index is 2.42. The third kappa shape index (κ3) is 5.19. The average molecular weight is 271 g/mol. The molecule has 1 fully saturated rings. The highest BCUT2D eigenvalue weighted by molar-refractivity contribution is 5.73. The minimum absolute atomic E-state index is 0.0527. The summed E-state index contributed by atoms with van der Waals surface area (Å²) in [5.41, 5.74) is 0. The monoisotopic (exact) mass is 271 g/mol. The maximum Gasteiger partial charge on any atom is 0.310 e. The number of nitrogens with zero attached hydrogens (tertiary/aromatic N) is 1. The molecule has 2 atom stereocenters. The number of hydrogen-bond acceptors (Lipinski definition) is 5. The lowest BCUT2D eigenvalue weighted by Crippen LogP contribution is -2.42. The predicted octanol–water partition coefficient (Wildman–Crippen LogP) is 1.46. The van der Waals surface area contributed by atoms with Gasteiger partial charge < -0.3 is 14.4 Å². The number of esters is 2. The fourth-order valence-electron chi connectivity index (χ4n) is 2.42. The molecule has 5 heteroatoms. The van der Waals surface area contributed by atoms with Crippen LogP contribution in [0.4, 0.5) is 0 Å². The van der Waals surface area contributed by atoms with Crippen LogP contribution in [-0.4, -0.2) is 49.7 Å². The number of piperidine rings is 1. The van der Waals surface area contributed by atoms with Crippen molar-refractivity contribution in [3.8, 4) is 0 Å². The lowest BCUT2D eigenvalue weighted by atomic mass is 9.97. The van der Waals surface area contributed by atoms with Gasteiger partial charge in [-0.1, -0.05) is 6.92 Å². The van der Waals surface area contributed by atoms with Gasteiger partial charge in [-0.2, -0.15) is 0 Å². The molecule has 0 spiro atoms. The summed E-state index contributed by atoms with van der Waals surface area (Å²) in [5, 5.41) is 0. The predicted molar refractivity (Wildman–Crippen MR) is 71.6 cm³/mol. The zero-order valence-corrected chi connectivity index (χ0v) is 12.2. The second kappa shape index (κ2) is 8.15. The quantitative estimate of drug-likeness (QED) is 0.685. The highest BCUT2D eigenvalue weighted by atomic mass is 16.5. The van der Waals surface area contributed by atoms with Crippen LogP contribution in [0.25, 0.3) is 0 Å². The fourth-order valence-corrected chi connectivity index (χ4v) is 2.42. The molecule has 1 heterocycles. The third-order valence-corrected chi connectivity index (χ3v) is 3.35. The van der Waals surface area contributed by atoms with Gasteiger partial charge in [0, 0.05) is 13.1 Å². The van der Waals surface area contributed by atoms with E-state index in [0.29, 0.717) is 26.3 Å². The molecule has 0 amide bonds. The van der Waals surface area contributed by atoms with E-state index >= 15 is 0 Å². The van der Waals surface area contributed by atoms with Crippen LogP contribution in [0.15, 0.2) is 0 Å². The summed E-state index contributed by atoms with van der Waals surface area (Å²) in [6, 6.07) is 0. The van der Waals surface area contributed by atoms with Crippen molar-refractivity contribution in [1.29, 1.82) is 0 Å². The van der Waals surface area contributed by atoms with Crippen molar-refractivity contribution in [3.05, 3.63) is 0 Å². The summed E-state index contributed by atoms with van der Waals surface area (Å²) in [4.78, 5) is 25.5. The first-order valence-corrected chi connectivity index (χ1v) is 7.14. The van der Waals surface area contributed by atoms with Crippen LogP contribution in [-0.2, 0) is 19.1 Å². The molecule has 0 bridgehead atoms. The molecule has 0 radical (unpaired) electrons. The first kappa shape index (κ1) is 16.0. The molecular formula is C14H25NO4. The summed E-state index contributed by atoms with van der Waals surface area (Å²) >= 11 is 0. The largest absolute Gasteiger partial charge is 0.466 e. The van der Waals surface area contributed by atoms with E-state index in [2.05, 4.69) is 4.90 Å². The highest BCUT2D eigenvalue weighted by Gasteiger charge is 2.28. The van der Waals surface area contributed by atoms with Gasteiger partial charge in [-0.25, -0.2) is 0 Å². The van der Waals surface area contributed by atoms with Crippen molar-refractivity contribution in [3.63, 3.8) is 0 Å². The van der Waals surface area contributed by atoms with Crippen LogP contribution in [0.2, 0.25) is 0 Å². The molecule has 19 heavy (non-hydrogen) atoms. The third-order valence-electron chi connectivity index (χ3n) is 3.35. The maximum atomic E-state index is 11.7. The Kier molecular flexibility index (Phi) is 6.84. The molecule has 0 aromatic rings. The van der Waals surface area contributed by atoms with Crippen LogP contribution >= 0.6 is 0 Å². The van der Waals surface area contributed by atoms with Crippen molar-refractivity contribution in [2.45, 2.75) is 33.6 Å². The lowest BCUT2D eigenvalue weighted by molar-refractivity contribution is -0.150. The normalized spacial score (nSPS) is 21.7. The number of carbonyl (C=O) groups excluding carboxylic acids is 2. The summed E-state index contributed by atoms with van der Waals surface area (Å²) in [6.07, 6.45) is 1.85. The van der Waals surface area contributed by atoms with Crippen LogP contribution in [0.5, 0.6) is 0 Å². The van der Waals surface area contributed by atoms with Crippen LogP contribution in [0.1, 0.15) is 33.6 Å². The van der Waals surface area contributed by atoms with Gasteiger partial charge in [0.1, 0.15) is 0 Å². The van der Waals surface area contributed by atoms with E-state index in [9.17, 15) is 9.59 Å². The van der Waals surface area contributed by atoms with Crippen molar-refractivity contribution in [2.24, 2.45) is 11.8 Å². The SMILES string of the molecule is CCOC(=O)C(C)CN1CCC[C@@H](C(=O)OCC)C1. The molecule has 0 aromatic heterocycles. The van der Waals surface area contributed by atoms with E-state index < -0.39 is 0 Å². The molecule has 1 unspecified atom stereocenters. The number of rotatable bonds is 6. The van der Waals surface area contributed by atoms with Crippen molar-refractivity contribution in [2.75, 3.05) is 32.8 Å². The van der Waals surface area contributed by atoms with Crippen LogP contribution < -0.4 is 0 Å². The summed E-state index contributed by atoms with van der Waals surface area (Å²) in [6.45, 7) is 8.59. The Morgan fingerprint density at radius 1 is 1.26 bits per heavy atom. The van der Waals surface area contributed by atoms with Gasteiger partial charge in [-0.15, -0.1) is 0 Å². The molecule has 0 saturated carbocycles. The fraction of sp³-hybridized carbons (Fsp3) is 0.857. The first-order valence-electron chi connectivity index (χ1n) is 7.14. The van der Waals surface area contributed by atoms with Gasteiger partial charge in [0.2, 0.25) is 0 Å². The van der Waals surface area contributed by atoms with Crippen LogP contribution in [0, 0.1) is 11.8 Å². The molecule has 110 valence electrons. The smallest absolute Gasteiger partial charge is 0.310 e. The number of carbonyl (C=O) groups is 2. The Morgan fingerprint density at radius 3 is 2.58 bits per heavy atom. The Labute approximate surface area is 115 Å². The molecule has 0 aromatic carbocycles. The zero-order chi connectivity index (χ0) is 14.3. The maximum absolute atomic E-state index is 11.7. The number of ether oxygens (including phenoxy) is 2. The Bertz CT molecular complexity index is 304. The van der Waals surface area contributed by atoms with Gasteiger partial charge in [0.05, 0.1) is 25.0 Å². The minimum Gasteiger partial charge on any atom is -0.466 e. The van der Waals surface area contributed by atoms with E-state index in [1.165, 1.54) is 0 Å². The summed E-state index contributed by atoms with van der Waals surface area (Å²) in [5.74, 6) is -0.485. The Morgan fingerprint density at radius 2 is 1.95 bits per heavy atom. The van der Waals surface area contributed by atoms with E-state index in [1.54, 1.807) is 0 Å². The van der Waals surface area contributed by atoms with Gasteiger partial charge >= 0.3 is 11.9 Å². The second-order valence-electron chi connectivity index (χ2n) is 5.00. The summed E-state index contributed by atoms with van der Waals surface area (Å²) in [7, 11) is 0. The molecule has 1 aliphatic heterocycles. The lowest BCUT2D eigenvalue weighted by Gasteiger charge is -2.32. The van der Waals surface area contributed by atoms with E-state index in [4.69, 9.17) is 9.47 Å². The molecule has 1 aliphatic rings. The van der Waals surface area contributed by atoms with E-state index in [1.807, 2.05) is 20.8 Å². The summed E-state index contributed by atoms with van der Waals surface area (Å²) < 4.78 is 10.1. The molecule has 1 saturated heterocycles. The van der Waals surface area contributed by atoms with Gasteiger partial charge in [-0.3, -0.25) is 9.59 Å².